The third-order valence-corrected chi connectivity index (χ3v) is 7.74. The van der Waals surface area contributed by atoms with E-state index in [2.05, 4.69) is 15.9 Å². The van der Waals surface area contributed by atoms with Gasteiger partial charge in [-0.15, -0.1) is 0 Å². The molecule has 2 amide bonds. The van der Waals surface area contributed by atoms with E-state index in [-0.39, 0.29) is 22.4 Å². The van der Waals surface area contributed by atoms with Gasteiger partial charge < -0.3 is 9.47 Å². The molecule has 9 heteroatoms. The number of benzene rings is 5. The van der Waals surface area contributed by atoms with Gasteiger partial charge in [-0.05, 0) is 78.9 Å². The van der Waals surface area contributed by atoms with Crippen LogP contribution in [-0.4, -0.2) is 23.6 Å². The van der Waals surface area contributed by atoms with Crippen LogP contribution in [0.2, 0.25) is 5.02 Å². The van der Waals surface area contributed by atoms with Crippen LogP contribution >= 0.6 is 27.5 Å². The maximum absolute atomic E-state index is 13.3. The molecular formula is C35H21BrClNO6. The highest BCUT2D eigenvalue weighted by atomic mass is 79.9. The van der Waals surface area contributed by atoms with Crippen molar-refractivity contribution in [2.45, 2.75) is 6.10 Å². The summed E-state index contributed by atoms with van der Waals surface area (Å²) in [6.45, 7) is 0. The topological polar surface area (TPSA) is 90.0 Å². The summed E-state index contributed by atoms with van der Waals surface area (Å²) in [5, 5.41) is 0.475. The van der Waals surface area contributed by atoms with Crippen LogP contribution in [0.5, 0.6) is 11.5 Å². The molecule has 0 radical (unpaired) electrons. The molecule has 0 fully saturated rings. The first-order valence-electron chi connectivity index (χ1n) is 13.4. The predicted molar refractivity (Wildman–Crippen MR) is 169 cm³/mol. The van der Waals surface area contributed by atoms with Gasteiger partial charge >= 0.3 is 5.97 Å². The standard InChI is InChI=1S/C35H21BrClNO6/c36-24-10-16-27(17-11-24)43-28-18-19-29-30(20-28)34(41)38(33(29)40)26-14-8-23(9-15-26)35(42)44-32(22-6-12-25(37)13-7-22)31(39)21-4-2-1-3-5-21/h1-20,32H/t32-/m0/s1. The number of amides is 2. The molecule has 0 aromatic heterocycles. The van der Waals surface area contributed by atoms with Gasteiger partial charge in [-0.1, -0.05) is 70.0 Å². The fourth-order valence-electron chi connectivity index (χ4n) is 4.74. The van der Waals surface area contributed by atoms with E-state index in [1.54, 1.807) is 78.9 Å². The van der Waals surface area contributed by atoms with Crippen LogP contribution in [0.1, 0.15) is 53.1 Å². The molecule has 5 aromatic rings. The number of Topliss-reactive ketones (excluding diaryl/α,β-unsaturated/α-hetero) is 1. The Hall–Kier alpha value is -5.05. The maximum atomic E-state index is 13.3. The molecule has 5 aromatic carbocycles. The number of nitrogens with zero attached hydrogens (tertiary/aromatic N) is 1. The Balaban J connectivity index is 1.20. The lowest BCUT2D eigenvalue weighted by Gasteiger charge is -2.18. The van der Waals surface area contributed by atoms with Gasteiger partial charge in [0.25, 0.3) is 11.8 Å². The molecule has 216 valence electrons. The molecule has 6 rings (SSSR count). The number of ketones is 1. The van der Waals surface area contributed by atoms with E-state index in [4.69, 9.17) is 21.1 Å². The molecule has 7 nitrogen and oxygen atoms in total. The molecule has 0 bridgehead atoms. The Morgan fingerprint density at radius 1 is 0.682 bits per heavy atom. The highest BCUT2D eigenvalue weighted by Gasteiger charge is 2.37. The lowest BCUT2D eigenvalue weighted by molar-refractivity contribution is 0.0280. The first-order valence-corrected chi connectivity index (χ1v) is 14.6. The van der Waals surface area contributed by atoms with E-state index in [1.807, 2.05) is 12.1 Å². The number of anilines is 1. The van der Waals surface area contributed by atoms with Gasteiger partial charge in [-0.3, -0.25) is 14.4 Å². The zero-order valence-electron chi connectivity index (χ0n) is 22.8. The van der Waals surface area contributed by atoms with Crippen LogP contribution in [0, 0.1) is 0 Å². The molecule has 0 spiro atoms. The summed E-state index contributed by atoms with van der Waals surface area (Å²) in [6, 6.07) is 32.8. The van der Waals surface area contributed by atoms with Gasteiger partial charge in [0.05, 0.1) is 22.4 Å². The summed E-state index contributed by atoms with van der Waals surface area (Å²) in [5.41, 5.74) is 1.70. The van der Waals surface area contributed by atoms with E-state index in [1.165, 1.54) is 30.3 Å². The van der Waals surface area contributed by atoms with Gasteiger partial charge in [-0.2, -0.15) is 0 Å². The van der Waals surface area contributed by atoms with E-state index >= 15 is 0 Å². The summed E-state index contributed by atoms with van der Waals surface area (Å²) >= 11 is 9.40. The normalized spacial score (nSPS) is 12.9. The molecule has 0 saturated heterocycles. The number of carbonyl (C=O) groups is 4. The van der Waals surface area contributed by atoms with Crippen molar-refractivity contribution >= 4 is 56.8 Å². The predicted octanol–water partition coefficient (Wildman–Crippen LogP) is 8.48. The lowest BCUT2D eigenvalue weighted by atomic mass is 9.99. The number of fused-ring (bicyclic) bond motifs is 1. The number of hydrogen-bond acceptors (Lipinski definition) is 6. The van der Waals surface area contributed by atoms with Crippen molar-refractivity contribution < 1.29 is 28.7 Å². The van der Waals surface area contributed by atoms with E-state index in [9.17, 15) is 19.2 Å². The Bertz CT molecular complexity index is 1890. The van der Waals surface area contributed by atoms with E-state index in [0.29, 0.717) is 27.6 Å². The van der Waals surface area contributed by atoms with Crippen molar-refractivity contribution in [1.29, 1.82) is 0 Å². The van der Waals surface area contributed by atoms with Gasteiger partial charge in [-0.25, -0.2) is 9.69 Å². The highest BCUT2D eigenvalue weighted by molar-refractivity contribution is 9.10. The number of carbonyl (C=O) groups excluding carboxylic acids is 4. The molecule has 0 aliphatic carbocycles. The van der Waals surface area contributed by atoms with Crippen molar-refractivity contribution in [1.82, 2.24) is 0 Å². The minimum Gasteiger partial charge on any atom is -0.457 e. The van der Waals surface area contributed by atoms with E-state index in [0.717, 1.165) is 9.37 Å². The summed E-state index contributed by atoms with van der Waals surface area (Å²) < 4.78 is 12.5. The van der Waals surface area contributed by atoms with Gasteiger partial charge in [0.2, 0.25) is 5.78 Å². The quantitative estimate of drug-likeness (QED) is 0.0938. The van der Waals surface area contributed by atoms with Crippen molar-refractivity contribution in [3.05, 3.63) is 159 Å². The molecule has 0 N–H and O–H groups in total. The van der Waals surface area contributed by atoms with Crippen molar-refractivity contribution in [3.8, 4) is 11.5 Å². The second-order valence-corrected chi connectivity index (χ2v) is 11.2. The molecule has 1 aliphatic heterocycles. The van der Waals surface area contributed by atoms with Gasteiger partial charge in [0.15, 0.2) is 6.10 Å². The maximum Gasteiger partial charge on any atom is 0.339 e. The number of ether oxygens (including phenoxy) is 2. The second-order valence-electron chi connectivity index (χ2n) is 9.82. The fraction of sp³-hybridized carbons (Fsp3) is 0.0286. The number of halogens is 2. The minimum absolute atomic E-state index is 0.135. The smallest absolute Gasteiger partial charge is 0.339 e. The number of imide groups is 1. The first kappa shape index (κ1) is 29.0. The number of rotatable bonds is 8. The van der Waals surface area contributed by atoms with Crippen LogP contribution in [-0.2, 0) is 4.74 Å². The lowest BCUT2D eigenvalue weighted by Crippen LogP contribution is -2.29. The zero-order valence-corrected chi connectivity index (χ0v) is 25.1. The summed E-state index contributed by atoms with van der Waals surface area (Å²) in [4.78, 5) is 54.1. The second kappa shape index (κ2) is 12.3. The van der Waals surface area contributed by atoms with Crippen molar-refractivity contribution in [3.63, 3.8) is 0 Å². The SMILES string of the molecule is O=C(O[C@H](C(=O)c1ccccc1)c1ccc(Cl)cc1)c1ccc(N2C(=O)c3ccc(Oc4ccc(Br)cc4)cc3C2=O)cc1. The highest BCUT2D eigenvalue weighted by Crippen LogP contribution is 2.33. The fourth-order valence-corrected chi connectivity index (χ4v) is 5.13. The monoisotopic (exact) mass is 665 g/mol. The average molecular weight is 667 g/mol. The van der Waals surface area contributed by atoms with Gasteiger partial charge in [0, 0.05) is 20.6 Å². The minimum atomic E-state index is -1.22. The zero-order chi connectivity index (χ0) is 30.8. The summed E-state index contributed by atoms with van der Waals surface area (Å²) in [6.07, 6.45) is -1.22. The van der Waals surface area contributed by atoms with Crippen LogP contribution in [0.15, 0.2) is 126 Å². The van der Waals surface area contributed by atoms with Crippen LogP contribution in [0.25, 0.3) is 0 Å². The van der Waals surface area contributed by atoms with Crippen LogP contribution < -0.4 is 9.64 Å². The first-order chi connectivity index (χ1) is 21.3. The number of esters is 1. The average Bonchev–Trinajstić information content (AvgIpc) is 3.30. The molecule has 0 unspecified atom stereocenters. The van der Waals surface area contributed by atoms with Crippen molar-refractivity contribution in [2.24, 2.45) is 0 Å². The Labute approximate surface area is 265 Å². The van der Waals surface area contributed by atoms with Crippen molar-refractivity contribution in [2.75, 3.05) is 4.90 Å². The van der Waals surface area contributed by atoms with Crippen LogP contribution in [0.3, 0.4) is 0 Å². The van der Waals surface area contributed by atoms with Crippen LogP contribution in [0.4, 0.5) is 5.69 Å². The Morgan fingerprint density at radius 2 is 1.32 bits per heavy atom. The largest absolute Gasteiger partial charge is 0.457 e. The summed E-state index contributed by atoms with van der Waals surface area (Å²) in [5.74, 6) is -1.17. The third kappa shape index (κ3) is 5.90. The Kier molecular flexibility index (Phi) is 8.11. The Morgan fingerprint density at radius 3 is 2.00 bits per heavy atom. The molecule has 0 saturated carbocycles. The molecule has 1 heterocycles. The summed E-state index contributed by atoms with van der Waals surface area (Å²) in [7, 11) is 0. The van der Waals surface area contributed by atoms with E-state index < -0.39 is 29.7 Å². The molecule has 1 atom stereocenters. The molecule has 1 aliphatic rings. The third-order valence-electron chi connectivity index (χ3n) is 6.96. The van der Waals surface area contributed by atoms with Gasteiger partial charge in [0.1, 0.15) is 11.5 Å². The number of hydrogen-bond donors (Lipinski definition) is 0. The molecular weight excluding hydrogens is 646 g/mol. The molecule has 44 heavy (non-hydrogen) atoms.